The molecule has 1 N–H and O–H groups in total. The monoisotopic (exact) mass is 394 g/mol. The van der Waals surface area contributed by atoms with E-state index in [9.17, 15) is 9.59 Å². The van der Waals surface area contributed by atoms with Crippen molar-refractivity contribution < 1.29 is 14.3 Å². The van der Waals surface area contributed by atoms with Gasteiger partial charge >= 0.3 is 5.97 Å². The molecule has 9 heteroatoms. The van der Waals surface area contributed by atoms with Crippen molar-refractivity contribution in [1.29, 1.82) is 0 Å². The molecule has 2 heterocycles. The lowest BCUT2D eigenvalue weighted by Crippen LogP contribution is -2.17. The van der Waals surface area contributed by atoms with Crippen LogP contribution >= 0.6 is 23.1 Å². The summed E-state index contributed by atoms with van der Waals surface area (Å²) >= 11 is 2.66. The Morgan fingerprint density at radius 1 is 1.35 bits per heavy atom. The Balaban J connectivity index is 2.08. The number of thiophene rings is 1. The van der Waals surface area contributed by atoms with Crippen LogP contribution in [0.5, 0.6) is 0 Å². The summed E-state index contributed by atoms with van der Waals surface area (Å²) in [7, 11) is 0. The Bertz CT molecular complexity index is 826. The molecule has 0 aromatic carbocycles. The minimum absolute atomic E-state index is 0.160. The summed E-state index contributed by atoms with van der Waals surface area (Å²) in [6, 6.07) is 0. The summed E-state index contributed by atoms with van der Waals surface area (Å²) in [5, 5.41) is 12.1. The number of nitrogens with zero attached hydrogens (tertiary/aromatic N) is 3. The van der Waals surface area contributed by atoms with Crippen molar-refractivity contribution in [2.75, 3.05) is 17.7 Å². The molecule has 2 aromatic heterocycles. The molecule has 1 amide bonds. The molecule has 0 aliphatic heterocycles. The van der Waals surface area contributed by atoms with E-state index in [0.29, 0.717) is 22.3 Å². The zero-order valence-corrected chi connectivity index (χ0v) is 16.9. The van der Waals surface area contributed by atoms with Crippen LogP contribution in [0.3, 0.4) is 0 Å². The molecule has 0 fully saturated rings. The van der Waals surface area contributed by atoms with Gasteiger partial charge in [-0.05, 0) is 33.3 Å². The van der Waals surface area contributed by atoms with Gasteiger partial charge in [-0.2, -0.15) is 0 Å². The smallest absolute Gasteiger partial charge is 0.341 e. The first kappa shape index (κ1) is 20.2. The van der Waals surface area contributed by atoms with Crippen molar-refractivity contribution in [3.63, 3.8) is 0 Å². The second-order valence-electron chi connectivity index (χ2n) is 5.47. The molecule has 7 nitrogen and oxygen atoms in total. The maximum atomic E-state index is 12.4. The Hall–Kier alpha value is -2.13. The average Bonchev–Trinajstić information content (AvgIpc) is 3.07. The Labute approximate surface area is 160 Å². The lowest BCUT2D eigenvalue weighted by molar-refractivity contribution is -0.113. The van der Waals surface area contributed by atoms with E-state index in [2.05, 4.69) is 22.1 Å². The van der Waals surface area contributed by atoms with Crippen LogP contribution in [0, 0.1) is 20.8 Å². The van der Waals surface area contributed by atoms with Crippen molar-refractivity contribution in [3.8, 4) is 0 Å². The molecule has 0 saturated carbocycles. The molecule has 2 aromatic rings. The van der Waals surface area contributed by atoms with Gasteiger partial charge in [0.05, 0.1) is 17.9 Å². The standard InChI is InChI=1S/C17H22N4O3S2/c1-6-8-21-12(5)19-20-17(21)25-9-13(22)18-15-14(16(23)24-7-2)10(3)11(4)26-15/h6H,1,7-9H2,2-5H3,(H,18,22). The average molecular weight is 395 g/mol. The number of carbonyl (C=O) groups is 2. The highest BCUT2D eigenvalue weighted by Crippen LogP contribution is 2.33. The number of ether oxygens (including phenoxy) is 1. The zero-order valence-electron chi connectivity index (χ0n) is 15.3. The third-order valence-electron chi connectivity index (χ3n) is 3.66. The van der Waals surface area contributed by atoms with Crippen LogP contribution in [0.1, 0.15) is 33.5 Å². The van der Waals surface area contributed by atoms with Gasteiger partial charge < -0.3 is 14.6 Å². The van der Waals surface area contributed by atoms with Gasteiger partial charge in [0.1, 0.15) is 10.8 Å². The number of carbonyl (C=O) groups excluding carboxylic acids is 2. The molecule has 0 bridgehead atoms. The van der Waals surface area contributed by atoms with Gasteiger partial charge in [0.15, 0.2) is 5.16 Å². The maximum Gasteiger partial charge on any atom is 0.341 e. The Kier molecular flexibility index (Phi) is 6.98. The van der Waals surface area contributed by atoms with Gasteiger partial charge in [-0.3, -0.25) is 4.79 Å². The fraction of sp³-hybridized carbons (Fsp3) is 0.412. The van der Waals surface area contributed by atoms with Crippen molar-refractivity contribution in [1.82, 2.24) is 14.8 Å². The van der Waals surface area contributed by atoms with Crippen molar-refractivity contribution >= 4 is 40.0 Å². The molecular weight excluding hydrogens is 372 g/mol. The first-order valence-corrected chi connectivity index (χ1v) is 9.89. The van der Waals surface area contributed by atoms with E-state index in [0.717, 1.165) is 16.3 Å². The topological polar surface area (TPSA) is 86.1 Å². The number of hydrogen-bond acceptors (Lipinski definition) is 7. The fourth-order valence-corrected chi connectivity index (χ4v) is 4.12. The lowest BCUT2D eigenvalue weighted by atomic mass is 10.1. The maximum absolute atomic E-state index is 12.4. The van der Waals surface area contributed by atoms with Crippen LogP contribution in [0.15, 0.2) is 17.8 Å². The SMILES string of the molecule is C=CCn1c(C)nnc1SCC(=O)Nc1sc(C)c(C)c1C(=O)OCC. The van der Waals surface area contributed by atoms with Crippen LogP contribution in [0.25, 0.3) is 0 Å². The molecule has 2 rings (SSSR count). The van der Waals surface area contributed by atoms with Gasteiger partial charge in [0.25, 0.3) is 0 Å². The van der Waals surface area contributed by atoms with E-state index in [1.54, 1.807) is 13.0 Å². The van der Waals surface area contributed by atoms with Crippen LogP contribution in [0.2, 0.25) is 0 Å². The van der Waals surface area contributed by atoms with E-state index < -0.39 is 5.97 Å². The third kappa shape index (κ3) is 4.53. The van der Waals surface area contributed by atoms with Gasteiger partial charge in [0, 0.05) is 11.4 Å². The van der Waals surface area contributed by atoms with Crippen molar-refractivity contribution in [2.24, 2.45) is 0 Å². The summed E-state index contributed by atoms with van der Waals surface area (Å²) in [6.07, 6.45) is 1.75. The summed E-state index contributed by atoms with van der Waals surface area (Å²) in [5.41, 5.74) is 1.26. The molecule has 0 aliphatic carbocycles. The van der Waals surface area contributed by atoms with Gasteiger partial charge in [-0.1, -0.05) is 17.8 Å². The van der Waals surface area contributed by atoms with E-state index in [-0.39, 0.29) is 18.3 Å². The molecule has 0 saturated heterocycles. The largest absolute Gasteiger partial charge is 0.462 e. The van der Waals surface area contributed by atoms with E-state index >= 15 is 0 Å². The van der Waals surface area contributed by atoms with Crippen LogP contribution < -0.4 is 5.32 Å². The molecular formula is C17H22N4O3S2. The highest BCUT2D eigenvalue weighted by molar-refractivity contribution is 7.99. The molecule has 26 heavy (non-hydrogen) atoms. The first-order chi connectivity index (χ1) is 12.4. The fourth-order valence-electron chi connectivity index (χ4n) is 2.26. The normalized spacial score (nSPS) is 10.6. The second kappa shape index (κ2) is 9.00. The number of aryl methyl sites for hydroxylation is 2. The van der Waals surface area contributed by atoms with Crippen LogP contribution in [-0.2, 0) is 16.1 Å². The molecule has 0 atom stereocenters. The number of amides is 1. The Morgan fingerprint density at radius 3 is 2.73 bits per heavy atom. The zero-order chi connectivity index (χ0) is 19.3. The number of nitrogens with one attached hydrogen (secondary N) is 1. The van der Waals surface area contributed by atoms with Crippen LogP contribution in [-0.4, -0.2) is 39.0 Å². The lowest BCUT2D eigenvalue weighted by Gasteiger charge is -2.08. The number of thioether (sulfide) groups is 1. The summed E-state index contributed by atoms with van der Waals surface area (Å²) in [5.74, 6) is 0.293. The van der Waals surface area contributed by atoms with Gasteiger partial charge in [-0.25, -0.2) is 4.79 Å². The minimum atomic E-state index is -0.418. The second-order valence-corrected chi connectivity index (χ2v) is 7.64. The van der Waals surface area contributed by atoms with E-state index in [1.165, 1.54) is 23.1 Å². The van der Waals surface area contributed by atoms with Gasteiger partial charge in [-0.15, -0.1) is 28.1 Å². The minimum Gasteiger partial charge on any atom is -0.462 e. The van der Waals surface area contributed by atoms with Crippen LogP contribution in [0.4, 0.5) is 5.00 Å². The third-order valence-corrected chi connectivity index (χ3v) is 5.75. The highest BCUT2D eigenvalue weighted by Gasteiger charge is 2.22. The summed E-state index contributed by atoms with van der Waals surface area (Å²) in [6.45, 7) is 11.9. The summed E-state index contributed by atoms with van der Waals surface area (Å²) < 4.78 is 6.98. The number of allylic oxidation sites excluding steroid dienone is 1. The van der Waals surface area contributed by atoms with Crippen molar-refractivity contribution in [3.05, 3.63) is 34.5 Å². The van der Waals surface area contributed by atoms with E-state index in [1.807, 2.05) is 25.3 Å². The number of anilines is 1. The van der Waals surface area contributed by atoms with Crippen molar-refractivity contribution in [2.45, 2.75) is 39.4 Å². The Morgan fingerprint density at radius 2 is 2.08 bits per heavy atom. The molecule has 0 aliphatic rings. The van der Waals surface area contributed by atoms with E-state index in [4.69, 9.17) is 4.74 Å². The number of aromatic nitrogens is 3. The first-order valence-electron chi connectivity index (χ1n) is 8.09. The predicted octanol–water partition coefficient (Wildman–Crippen LogP) is 3.36. The molecule has 0 spiro atoms. The quantitative estimate of drug-likeness (QED) is 0.420. The number of rotatable bonds is 8. The number of esters is 1. The predicted molar refractivity (Wildman–Crippen MR) is 104 cm³/mol. The molecule has 0 radical (unpaired) electrons. The number of hydrogen-bond donors (Lipinski definition) is 1. The summed E-state index contributed by atoms with van der Waals surface area (Å²) in [4.78, 5) is 25.5. The van der Waals surface area contributed by atoms with Gasteiger partial charge in [0.2, 0.25) is 5.91 Å². The molecule has 0 unspecified atom stereocenters. The molecule has 140 valence electrons. The highest BCUT2D eigenvalue weighted by atomic mass is 32.2.